The molecule has 2 N–H and O–H groups in total. The van der Waals surface area contributed by atoms with E-state index in [2.05, 4.69) is 10.1 Å². The van der Waals surface area contributed by atoms with Gasteiger partial charge in [0.05, 0.1) is 10.9 Å². The molecule has 0 atom stereocenters. The minimum absolute atomic E-state index is 0.00280. The molecule has 1 aromatic carbocycles. The quantitative estimate of drug-likeness (QED) is 0.440. The van der Waals surface area contributed by atoms with Crippen LogP contribution in [-0.2, 0) is 0 Å². The average molecular weight is 337 g/mol. The number of thiophene rings is 1. The Morgan fingerprint density at radius 2 is 1.88 bits per heavy atom. The number of benzene rings is 1. The number of rotatable bonds is 2. The zero-order chi connectivity index (χ0) is 16.7. The number of nitrogens with zero attached hydrogens (tertiary/aromatic N) is 4. The number of aromatic nitrogens is 4. The van der Waals surface area contributed by atoms with Crippen LogP contribution in [0, 0.1) is 0 Å². The molecule has 118 valence electrons. The van der Waals surface area contributed by atoms with Crippen molar-refractivity contribution in [1.29, 1.82) is 0 Å². The van der Waals surface area contributed by atoms with Crippen LogP contribution < -0.4 is 17.0 Å². The van der Waals surface area contributed by atoms with Gasteiger partial charge >= 0.3 is 0 Å². The van der Waals surface area contributed by atoms with Crippen molar-refractivity contribution < 1.29 is 0 Å². The molecule has 7 nitrogen and oxygen atoms in total. The van der Waals surface area contributed by atoms with Crippen molar-refractivity contribution in [3.63, 3.8) is 0 Å². The van der Waals surface area contributed by atoms with Gasteiger partial charge in [0.15, 0.2) is 5.69 Å². The van der Waals surface area contributed by atoms with Crippen LogP contribution in [0.3, 0.4) is 0 Å². The molecule has 24 heavy (non-hydrogen) atoms. The molecule has 0 saturated heterocycles. The van der Waals surface area contributed by atoms with E-state index in [1.165, 1.54) is 11.3 Å². The van der Waals surface area contributed by atoms with Gasteiger partial charge in [-0.3, -0.25) is 9.59 Å². The molecule has 0 aliphatic carbocycles. The third kappa shape index (κ3) is 2.20. The fraction of sp³-hybridized carbons (Fsp3) is 0. The molecular formula is C16H11N5O2S. The summed E-state index contributed by atoms with van der Waals surface area (Å²) in [6.07, 6.45) is 3.29. The van der Waals surface area contributed by atoms with Crippen molar-refractivity contribution in [3.05, 3.63) is 73.1 Å². The Hall–Kier alpha value is -3.26. The van der Waals surface area contributed by atoms with Gasteiger partial charge in [0, 0.05) is 4.88 Å². The maximum absolute atomic E-state index is 12.6. The molecule has 4 rings (SSSR count). The number of para-hydroxylation sites is 1. The maximum atomic E-state index is 12.6. The standard InChI is InChI=1S/C16H11N5O2S/c17-20-15(23)13(8-7-10-4-3-9-24-10)19-21-14(22)11-5-1-2-6-12(11)18-16(20)21/h1-9H,17H2. The van der Waals surface area contributed by atoms with Crippen LogP contribution in [0.25, 0.3) is 28.8 Å². The minimum Gasteiger partial charge on any atom is -0.333 e. The zero-order valence-corrected chi connectivity index (χ0v) is 13.1. The van der Waals surface area contributed by atoms with Crippen LogP contribution in [0.5, 0.6) is 0 Å². The van der Waals surface area contributed by atoms with Gasteiger partial charge in [0.1, 0.15) is 0 Å². The Morgan fingerprint density at radius 1 is 1.04 bits per heavy atom. The first-order valence-electron chi connectivity index (χ1n) is 7.06. The lowest BCUT2D eigenvalue weighted by atomic mass is 10.2. The summed E-state index contributed by atoms with van der Waals surface area (Å²) in [6, 6.07) is 10.7. The molecule has 0 unspecified atom stereocenters. The van der Waals surface area contributed by atoms with E-state index < -0.39 is 5.56 Å². The lowest BCUT2D eigenvalue weighted by molar-refractivity contribution is 0.769. The number of fused-ring (bicyclic) bond motifs is 2. The summed E-state index contributed by atoms with van der Waals surface area (Å²) in [6.45, 7) is 0. The van der Waals surface area contributed by atoms with Gasteiger partial charge in [-0.05, 0) is 35.7 Å². The molecule has 0 aliphatic heterocycles. The molecule has 3 heterocycles. The van der Waals surface area contributed by atoms with E-state index in [1.54, 1.807) is 36.4 Å². The third-order valence-corrected chi connectivity index (χ3v) is 4.38. The molecule has 0 radical (unpaired) electrons. The van der Waals surface area contributed by atoms with E-state index in [0.717, 1.165) is 14.1 Å². The molecule has 0 bridgehead atoms. The Balaban J connectivity index is 2.02. The summed E-state index contributed by atoms with van der Waals surface area (Å²) >= 11 is 1.53. The largest absolute Gasteiger partial charge is 0.333 e. The van der Waals surface area contributed by atoms with Crippen LogP contribution in [0.4, 0.5) is 0 Å². The van der Waals surface area contributed by atoms with Crippen LogP contribution in [0.15, 0.2) is 51.4 Å². The highest BCUT2D eigenvalue weighted by molar-refractivity contribution is 7.10. The lowest BCUT2D eigenvalue weighted by Crippen LogP contribution is -2.36. The van der Waals surface area contributed by atoms with E-state index in [0.29, 0.717) is 10.9 Å². The summed E-state index contributed by atoms with van der Waals surface area (Å²) in [5.74, 6) is 5.84. The monoisotopic (exact) mass is 337 g/mol. The second-order valence-electron chi connectivity index (χ2n) is 5.06. The van der Waals surface area contributed by atoms with Crippen molar-refractivity contribution in [1.82, 2.24) is 19.3 Å². The number of nitrogens with two attached hydrogens (primary N) is 1. The fourth-order valence-electron chi connectivity index (χ4n) is 2.37. The van der Waals surface area contributed by atoms with Crippen molar-refractivity contribution in [2.24, 2.45) is 0 Å². The van der Waals surface area contributed by atoms with E-state index in [4.69, 9.17) is 5.84 Å². The van der Waals surface area contributed by atoms with Gasteiger partial charge in [-0.25, -0.2) is 4.98 Å². The Labute approximate surface area is 138 Å². The summed E-state index contributed by atoms with van der Waals surface area (Å²) < 4.78 is 1.90. The average Bonchev–Trinajstić information content (AvgIpc) is 3.11. The van der Waals surface area contributed by atoms with E-state index in [-0.39, 0.29) is 17.0 Å². The van der Waals surface area contributed by atoms with Crippen LogP contribution in [-0.4, -0.2) is 19.3 Å². The fourth-order valence-corrected chi connectivity index (χ4v) is 2.99. The Bertz CT molecular complexity index is 1210. The normalized spacial score (nSPS) is 11.7. The first kappa shape index (κ1) is 14.3. The van der Waals surface area contributed by atoms with Gasteiger partial charge in [-0.15, -0.1) is 11.3 Å². The highest BCUT2D eigenvalue weighted by Crippen LogP contribution is 2.12. The third-order valence-electron chi connectivity index (χ3n) is 3.55. The van der Waals surface area contributed by atoms with Crippen LogP contribution >= 0.6 is 11.3 Å². The van der Waals surface area contributed by atoms with Crippen molar-refractivity contribution in [3.8, 4) is 0 Å². The Kier molecular flexibility index (Phi) is 3.24. The maximum Gasteiger partial charge on any atom is 0.299 e. The lowest BCUT2D eigenvalue weighted by Gasteiger charge is -2.07. The number of hydrogen-bond acceptors (Lipinski definition) is 6. The van der Waals surface area contributed by atoms with Crippen LogP contribution in [0.1, 0.15) is 10.6 Å². The molecule has 0 aliphatic rings. The topological polar surface area (TPSA) is 95.3 Å². The summed E-state index contributed by atoms with van der Waals surface area (Å²) in [7, 11) is 0. The molecule has 0 saturated carbocycles. The van der Waals surface area contributed by atoms with Gasteiger partial charge in [0.2, 0.25) is 0 Å². The molecule has 0 amide bonds. The molecular weight excluding hydrogens is 326 g/mol. The molecule has 0 fully saturated rings. The predicted octanol–water partition coefficient (Wildman–Crippen LogP) is 1.35. The van der Waals surface area contributed by atoms with E-state index in [9.17, 15) is 9.59 Å². The summed E-state index contributed by atoms with van der Waals surface area (Å²) in [5.41, 5.74) is -0.368. The molecule has 0 spiro atoms. The van der Waals surface area contributed by atoms with E-state index in [1.807, 2.05) is 17.5 Å². The molecule has 3 aromatic heterocycles. The second-order valence-corrected chi connectivity index (χ2v) is 6.03. The first-order valence-corrected chi connectivity index (χ1v) is 7.94. The van der Waals surface area contributed by atoms with Crippen LogP contribution in [0.2, 0.25) is 0 Å². The highest BCUT2D eigenvalue weighted by Gasteiger charge is 2.12. The summed E-state index contributed by atoms with van der Waals surface area (Å²) in [4.78, 5) is 30.2. The van der Waals surface area contributed by atoms with Crippen molar-refractivity contribution in [2.75, 3.05) is 5.84 Å². The van der Waals surface area contributed by atoms with Gasteiger partial charge in [-0.1, -0.05) is 18.2 Å². The molecule has 4 aromatic rings. The minimum atomic E-state index is -0.523. The van der Waals surface area contributed by atoms with E-state index >= 15 is 0 Å². The second kappa shape index (κ2) is 5.43. The van der Waals surface area contributed by atoms with Crippen molar-refractivity contribution >= 4 is 40.2 Å². The smallest absolute Gasteiger partial charge is 0.299 e. The SMILES string of the molecule is Nn1c(=O)c(C=Cc2cccs2)nn2c(=O)c3ccccc3nc12. The number of hydrogen-bond donors (Lipinski definition) is 1. The molecule has 8 heteroatoms. The summed E-state index contributed by atoms with van der Waals surface area (Å²) in [5, 5.41) is 6.47. The van der Waals surface area contributed by atoms with Crippen molar-refractivity contribution in [2.45, 2.75) is 0 Å². The predicted molar refractivity (Wildman–Crippen MR) is 94.4 cm³/mol. The van der Waals surface area contributed by atoms with Gasteiger partial charge in [-0.2, -0.15) is 14.3 Å². The highest BCUT2D eigenvalue weighted by atomic mass is 32.1. The van der Waals surface area contributed by atoms with Gasteiger partial charge < -0.3 is 5.84 Å². The van der Waals surface area contributed by atoms with Gasteiger partial charge in [0.25, 0.3) is 16.9 Å². The first-order chi connectivity index (χ1) is 11.6. The number of nitrogen functional groups attached to an aromatic ring is 1. The zero-order valence-electron chi connectivity index (χ0n) is 12.3. The Morgan fingerprint density at radius 3 is 2.67 bits per heavy atom.